The van der Waals surface area contributed by atoms with Gasteiger partial charge in [0.2, 0.25) is 0 Å². The zero-order valence-corrected chi connectivity index (χ0v) is 19.0. The third kappa shape index (κ3) is 4.78. The molecule has 172 valence electrons. The van der Waals surface area contributed by atoms with Crippen LogP contribution in [0.3, 0.4) is 0 Å². The van der Waals surface area contributed by atoms with Gasteiger partial charge in [-0.3, -0.25) is 14.9 Å². The number of hydrogen-bond donors (Lipinski definition) is 1. The number of H-pyrrole nitrogens is 1. The number of aromatic amines is 1. The number of pyridine rings is 1. The summed E-state index contributed by atoms with van der Waals surface area (Å²) in [5, 5.41) is 7.52. The fraction of sp³-hybridized carbons (Fsp3) is 0.423. The molecule has 1 aliphatic carbocycles. The number of fused-ring (bicyclic) bond motifs is 1. The number of aromatic nitrogens is 3. The summed E-state index contributed by atoms with van der Waals surface area (Å²) in [5.74, 6) is 0.833. The van der Waals surface area contributed by atoms with Crippen molar-refractivity contribution in [2.24, 2.45) is 0 Å². The summed E-state index contributed by atoms with van der Waals surface area (Å²) in [4.78, 5) is 20.1. The topological polar surface area (TPSA) is 80.3 Å². The van der Waals surface area contributed by atoms with Crippen LogP contribution >= 0.6 is 0 Å². The van der Waals surface area contributed by atoms with Gasteiger partial charge >= 0.3 is 0 Å². The number of amides is 1. The molecule has 7 heteroatoms. The minimum atomic E-state index is -0.245. The average Bonchev–Trinajstić information content (AvgIpc) is 3.11. The minimum Gasteiger partial charge on any atom is -0.497 e. The first-order chi connectivity index (χ1) is 16.2. The second kappa shape index (κ2) is 9.75. The van der Waals surface area contributed by atoms with Crippen molar-refractivity contribution in [3.8, 4) is 5.75 Å². The van der Waals surface area contributed by atoms with Gasteiger partial charge in [0.15, 0.2) is 5.69 Å². The smallest absolute Gasteiger partial charge is 0.274 e. The van der Waals surface area contributed by atoms with E-state index in [1.54, 1.807) is 7.11 Å². The fourth-order valence-electron chi connectivity index (χ4n) is 4.76. The van der Waals surface area contributed by atoms with Gasteiger partial charge in [-0.2, -0.15) is 5.10 Å². The van der Waals surface area contributed by atoms with Crippen molar-refractivity contribution in [3.63, 3.8) is 0 Å². The first-order valence-electron chi connectivity index (χ1n) is 11.8. The number of morpholine rings is 1. The van der Waals surface area contributed by atoms with Gasteiger partial charge in [-0.05, 0) is 55.5 Å². The number of rotatable bonds is 5. The molecule has 3 aromatic rings. The van der Waals surface area contributed by atoms with Crippen molar-refractivity contribution in [1.29, 1.82) is 0 Å². The van der Waals surface area contributed by atoms with Gasteiger partial charge in [0.05, 0.1) is 26.0 Å². The number of carbonyl (C=O) groups is 1. The molecule has 1 saturated heterocycles. The molecule has 33 heavy (non-hydrogen) atoms. The molecule has 2 aromatic heterocycles. The summed E-state index contributed by atoms with van der Waals surface area (Å²) < 4.78 is 11.4. The molecule has 5 rings (SSSR count). The standard InChI is InChI=1S/C26H30N4O3/c1-32-20-9-5-7-18(16-20)15-19-8-6-12-23(27-19)24-17-30(13-14-33-24)26(31)25-21-10-3-2-4-11-22(21)28-29-25/h5-9,12,16,24H,2-4,10-11,13-15,17H2,1H3,(H,28,29)/t24-/m1/s1. The normalized spacial score (nSPS) is 18.5. The van der Waals surface area contributed by atoms with Crippen LogP contribution in [-0.2, 0) is 24.0 Å². The SMILES string of the molecule is COc1cccc(Cc2cccc([C@H]3CN(C(=O)c4n[nH]c5c4CCCCC5)CCO3)n2)c1. The van der Waals surface area contributed by atoms with Crippen molar-refractivity contribution < 1.29 is 14.3 Å². The Balaban J connectivity index is 1.30. The number of nitrogens with one attached hydrogen (secondary N) is 1. The predicted molar refractivity (Wildman–Crippen MR) is 124 cm³/mol. The van der Waals surface area contributed by atoms with Gasteiger partial charge in [0.1, 0.15) is 11.9 Å². The van der Waals surface area contributed by atoms with Crippen molar-refractivity contribution in [3.05, 3.63) is 76.4 Å². The van der Waals surface area contributed by atoms with E-state index < -0.39 is 0 Å². The van der Waals surface area contributed by atoms with E-state index in [1.165, 1.54) is 6.42 Å². The zero-order chi connectivity index (χ0) is 22.6. The molecule has 0 radical (unpaired) electrons. The van der Waals surface area contributed by atoms with Crippen LogP contribution in [0.25, 0.3) is 0 Å². The van der Waals surface area contributed by atoms with Crippen molar-refractivity contribution in [1.82, 2.24) is 20.1 Å². The van der Waals surface area contributed by atoms with Crippen LogP contribution in [-0.4, -0.2) is 52.8 Å². The Hall–Kier alpha value is -3.19. The molecule has 3 heterocycles. The minimum absolute atomic E-state index is 0.00441. The molecular formula is C26H30N4O3. The molecule has 1 N–H and O–H groups in total. The van der Waals surface area contributed by atoms with Crippen molar-refractivity contribution in [2.45, 2.75) is 44.6 Å². The van der Waals surface area contributed by atoms with E-state index in [4.69, 9.17) is 14.5 Å². The maximum atomic E-state index is 13.3. The Morgan fingerprint density at radius 1 is 1.18 bits per heavy atom. The van der Waals surface area contributed by atoms with Gasteiger partial charge in [0.25, 0.3) is 5.91 Å². The highest BCUT2D eigenvalue weighted by molar-refractivity contribution is 5.94. The van der Waals surface area contributed by atoms with Crippen LogP contribution in [0.1, 0.15) is 64.1 Å². The Morgan fingerprint density at radius 2 is 2.06 bits per heavy atom. The molecule has 1 aromatic carbocycles. The summed E-state index contributed by atoms with van der Waals surface area (Å²) in [7, 11) is 1.67. The summed E-state index contributed by atoms with van der Waals surface area (Å²) in [6.45, 7) is 1.54. The molecule has 2 aliphatic rings. The Morgan fingerprint density at radius 3 is 2.97 bits per heavy atom. The third-order valence-corrected chi connectivity index (χ3v) is 6.54. The molecule has 0 unspecified atom stereocenters. The number of hydrogen-bond acceptors (Lipinski definition) is 5. The van der Waals surface area contributed by atoms with Crippen LogP contribution in [0.5, 0.6) is 5.75 Å². The lowest BCUT2D eigenvalue weighted by Crippen LogP contribution is -2.43. The molecule has 1 amide bonds. The second-order valence-electron chi connectivity index (χ2n) is 8.78. The van der Waals surface area contributed by atoms with E-state index in [1.807, 2.05) is 41.3 Å². The summed E-state index contributed by atoms with van der Waals surface area (Å²) in [5.41, 5.74) is 5.79. The van der Waals surface area contributed by atoms with Gasteiger partial charge in [-0.25, -0.2) is 0 Å². The number of ether oxygens (including phenoxy) is 2. The zero-order valence-electron chi connectivity index (χ0n) is 19.0. The molecule has 0 spiro atoms. The highest BCUT2D eigenvalue weighted by atomic mass is 16.5. The van der Waals surface area contributed by atoms with E-state index in [-0.39, 0.29) is 12.0 Å². The lowest BCUT2D eigenvalue weighted by Gasteiger charge is -2.32. The summed E-state index contributed by atoms with van der Waals surface area (Å²) >= 11 is 0. The van der Waals surface area contributed by atoms with Crippen LogP contribution in [0, 0.1) is 0 Å². The molecular weight excluding hydrogens is 416 g/mol. The number of carbonyl (C=O) groups excluding carboxylic acids is 1. The molecule has 1 aliphatic heterocycles. The molecule has 0 saturated carbocycles. The predicted octanol–water partition coefficient (Wildman–Crippen LogP) is 3.89. The summed E-state index contributed by atoms with van der Waals surface area (Å²) in [6, 6.07) is 14.0. The molecule has 7 nitrogen and oxygen atoms in total. The number of benzene rings is 1. The Labute approximate surface area is 194 Å². The van der Waals surface area contributed by atoms with Gasteiger partial charge < -0.3 is 14.4 Å². The molecule has 1 atom stereocenters. The number of nitrogens with zero attached hydrogens (tertiary/aromatic N) is 3. The first-order valence-corrected chi connectivity index (χ1v) is 11.8. The average molecular weight is 447 g/mol. The highest BCUT2D eigenvalue weighted by Gasteiger charge is 2.30. The first kappa shape index (κ1) is 21.6. The maximum Gasteiger partial charge on any atom is 0.274 e. The van der Waals surface area contributed by atoms with Crippen molar-refractivity contribution in [2.75, 3.05) is 26.8 Å². The van der Waals surface area contributed by atoms with Crippen LogP contribution in [0.15, 0.2) is 42.5 Å². The largest absolute Gasteiger partial charge is 0.497 e. The van der Waals surface area contributed by atoms with E-state index in [0.29, 0.717) is 31.8 Å². The van der Waals surface area contributed by atoms with Crippen LogP contribution in [0.2, 0.25) is 0 Å². The lowest BCUT2D eigenvalue weighted by atomic mass is 10.1. The van der Waals surface area contributed by atoms with E-state index in [0.717, 1.165) is 59.6 Å². The summed E-state index contributed by atoms with van der Waals surface area (Å²) in [6.07, 6.45) is 5.83. The van der Waals surface area contributed by atoms with Crippen molar-refractivity contribution >= 4 is 5.91 Å². The second-order valence-corrected chi connectivity index (χ2v) is 8.78. The molecule has 1 fully saturated rings. The highest BCUT2D eigenvalue weighted by Crippen LogP contribution is 2.26. The monoisotopic (exact) mass is 446 g/mol. The number of methoxy groups -OCH3 is 1. The third-order valence-electron chi connectivity index (χ3n) is 6.54. The maximum absolute atomic E-state index is 13.3. The lowest BCUT2D eigenvalue weighted by molar-refractivity contribution is -0.0250. The van der Waals surface area contributed by atoms with E-state index >= 15 is 0 Å². The fourth-order valence-corrected chi connectivity index (χ4v) is 4.76. The van der Waals surface area contributed by atoms with Gasteiger partial charge in [-0.15, -0.1) is 0 Å². The van der Waals surface area contributed by atoms with Crippen LogP contribution < -0.4 is 4.74 Å². The Bertz CT molecular complexity index is 1130. The van der Waals surface area contributed by atoms with E-state index in [9.17, 15) is 4.79 Å². The quantitative estimate of drug-likeness (QED) is 0.602. The molecule has 0 bridgehead atoms. The van der Waals surface area contributed by atoms with Gasteiger partial charge in [-0.1, -0.05) is 24.6 Å². The van der Waals surface area contributed by atoms with Crippen LogP contribution in [0.4, 0.5) is 0 Å². The van der Waals surface area contributed by atoms with Gasteiger partial charge in [0, 0.05) is 29.9 Å². The Kier molecular flexibility index (Phi) is 6.39. The number of aryl methyl sites for hydroxylation is 1. The van der Waals surface area contributed by atoms with E-state index in [2.05, 4.69) is 16.3 Å².